The van der Waals surface area contributed by atoms with Gasteiger partial charge in [0.05, 0.1) is 25.6 Å². The minimum absolute atomic E-state index is 0.239. The fraction of sp³-hybridized carbons (Fsp3) is 0.200. The maximum Gasteiger partial charge on any atom is 0.257 e. The summed E-state index contributed by atoms with van der Waals surface area (Å²) in [4.78, 5) is 13.2. The van der Waals surface area contributed by atoms with Crippen LogP contribution in [0.4, 0.5) is 4.39 Å². The number of carbonyl (C=O) groups is 1. The number of rotatable bonds is 8. The van der Waals surface area contributed by atoms with Crippen LogP contribution in [0.1, 0.15) is 21.6 Å². The predicted molar refractivity (Wildman–Crippen MR) is 123 cm³/mol. The van der Waals surface area contributed by atoms with Gasteiger partial charge in [-0.1, -0.05) is 6.07 Å². The summed E-state index contributed by atoms with van der Waals surface area (Å²) in [6.07, 6.45) is 4.27. The van der Waals surface area contributed by atoms with Gasteiger partial charge in [0.1, 0.15) is 22.9 Å². The standard InChI is InChI=1S/C25H25FN4O3/c1-17-23(24(31)27-13-12-18-6-11-21(32-2)16-22(18)33-3)25(29-14-4-5-15-29)30(28-17)20-9-7-19(26)8-10-20/h4-11,14-16H,12-13H2,1-3H3,(H,27,31). The average molecular weight is 448 g/mol. The third-order valence-electron chi connectivity index (χ3n) is 5.36. The molecule has 7 nitrogen and oxygen atoms in total. The highest BCUT2D eigenvalue weighted by atomic mass is 19.1. The summed E-state index contributed by atoms with van der Waals surface area (Å²) in [5, 5.41) is 7.57. The SMILES string of the molecule is COc1ccc(CCNC(=O)c2c(C)nn(-c3ccc(F)cc3)c2-n2cccc2)c(OC)c1. The number of ether oxygens (including phenoxy) is 2. The van der Waals surface area contributed by atoms with Crippen LogP contribution >= 0.6 is 0 Å². The Labute approximate surface area is 191 Å². The summed E-state index contributed by atoms with van der Waals surface area (Å²) < 4.78 is 27.6. The Morgan fingerprint density at radius 3 is 2.45 bits per heavy atom. The van der Waals surface area contributed by atoms with Gasteiger partial charge < -0.3 is 19.4 Å². The molecule has 0 saturated carbocycles. The van der Waals surface area contributed by atoms with Crippen molar-refractivity contribution in [2.45, 2.75) is 13.3 Å². The van der Waals surface area contributed by atoms with Crippen molar-refractivity contribution < 1.29 is 18.7 Å². The summed E-state index contributed by atoms with van der Waals surface area (Å²) >= 11 is 0. The maximum absolute atomic E-state index is 13.4. The van der Waals surface area contributed by atoms with Gasteiger partial charge in [-0.05, 0) is 61.4 Å². The van der Waals surface area contributed by atoms with E-state index in [4.69, 9.17) is 9.47 Å². The molecule has 0 aliphatic heterocycles. The number of hydrogen-bond acceptors (Lipinski definition) is 4. The summed E-state index contributed by atoms with van der Waals surface area (Å²) in [6.45, 7) is 2.20. The summed E-state index contributed by atoms with van der Waals surface area (Å²) in [7, 11) is 3.21. The van der Waals surface area contributed by atoms with E-state index in [0.29, 0.717) is 47.2 Å². The molecule has 2 heterocycles. The van der Waals surface area contributed by atoms with Gasteiger partial charge in [-0.25, -0.2) is 9.07 Å². The van der Waals surface area contributed by atoms with Crippen molar-refractivity contribution in [2.75, 3.05) is 20.8 Å². The number of benzene rings is 2. The van der Waals surface area contributed by atoms with Crippen LogP contribution in [0.3, 0.4) is 0 Å². The van der Waals surface area contributed by atoms with Crippen molar-refractivity contribution >= 4 is 5.91 Å². The van der Waals surface area contributed by atoms with Gasteiger partial charge in [-0.15, -0.1) is 0 Å². The molecule has 0 saturated heterocycles. The fourth-order valence-electron chi connectivity index (χ4n) is 3.71. The van der Waals surface area contributed by atoms with Gasteiger partial charge in [-0.3, -0.25) is 4.79 Å². The lowest BCUT2D eigenvalue weighted by molar-refractivity contribution is 0.0953. The quantitative estimate of drug-likeness (QED) is 0.441. The van der Waals surface area contributed by atoms with Crippen LogP contribution in [0.5, 0.6) is 11.5 Å². The van der Waals surface area contributed by atoms with Crippen LogP contribution in [-0.2, 0) is 6.42 Å². The third kappa shape index (κ3) is 4.59. The average Bonchev–Trinajstić information content (AvgIpc) is 3.47. The number of carbonyl (C=O) groups excluding carboxylic acids is 1. The van der Waals surface area contributed by atoms with Gasteiger partial charge in [0.15, 0.2) is 5.82 Å². The smallest absolute Gasteiger partial charge is 0.257 e. The molecule has 0 unspecified atom stereocenters. The number of amides is 1. The fourth-order valence-corrected chi connectivity index (χ4v) is 3.71. The van der Waals surface area contributed by atoms with Crippen molar-refractivity contribution in [3.8, 4) is 23.0 Å². The lowest BCUT2D eigenvalue weighted by atomic mass is 10.1. The number of nitrogens with one attached hydrogen (secondary N) is 1. The minimum atomic E-state index is -0.336. The van der Waals surface area contributed by atoms with Crippen molar-refractivity contribution in [3.05, 3.63) is 89.6 Å². The van der Waals surface area contributed by atoms with E-state index < -0.39 is 0 Å². The molecule has 0 radical (unpaired) electrons. The zero-order chi connectivity index (χ0) is 23.4. The Balaban J connectivity index is 1.60. The number of methoxy groups -OCH3 is 2. The summed E-state index contributed by atoms with van der Waals surface area (Å²) in [5.41, 5.74) is 2.65. The molecule has 4 aromatic rings. The zero-order valence-corrected chi connectivity index (χ0v) is 18.7. The van der Waals surface area contributed by atoms with Gasteiger partial charge in [-0.2, -0.15) is 5.10 Å². The van der Waals surface area contributed by atoms with Crippen molar-refractivity contribution in [3.63, 3.8) is 0 Å². The Bertz CT molecular complexity index is 1250. The highest BCUT2D eigenvalue weighted by Gasteiger charge is 2.23. The van der Waals surface area contributed by atoms with Crippen molar-refractivity contribution in [1.29, 1.82) is 0 Å². The summed E-state index contributed by atoms with van der Waals surface area (Å²) in [5.74, 6) is 1.43. The first kappa shape index (κ1) is 22.1. The number of aryl methyl sites for hydroxylation is 1. The van der Waals surface area contributed by atoms with Crippen LogP contribution in [-0.4, -0.2) is 41.0 Å². The van der Waals surface area contributed by atoms with E-state index in [2.05, 4.69) is 10.4 Å². The first-order valence-corrected chi connectivity index (χ1v) is 10.5. The molecule has 0 bridgehead atoms. The first-order valence-electron chi connectivity index (χ1n) is 10.5. The van der Waals surface area contributed by atoms with E-state index in [9.17, 15) is 9.18 Å². The second-order valence-corrected chi connectivity index (χ2v) is 7.45. The Morgan fingerprint density at radius 2 is 1.79 bits per heavy atom. The van der Waals surface area contributed by atoms with Crippen molar-refractivity contribution in [2.24, 2.45) is 0 Å². The molecular weight excluding hydrogens is 423 g/mol. The van der Waals surface area contributed by atoms with Crippen LogP contribution in [0.15, 0.2) is 67.0 Å². The molecule has 0 aliphatic carbocycles. The molecule has 170 valence electrons. The molecule has 0 spiro atoms. The molecular formula is C25H25FN4O3. The number of aromatic nitrogens is 3. The second kappa shape index (κ2) is 9.60. The minimum Gasteiger partial charge on any atom is -0.497 e. The first-order chi connectivity index (χ1) is 16.0. The molecule has 0 fully saturated rings. The Kier molecular flexibility index (Phi) is 6.44. The monoisotopic (exact) mass is 448 g/mol. The largest absolute Gasteiger partial charge is 0.497 e. The highest BCUT2D eigenvalue weighted by molar-refractivity contribution is 5.98. The second-order valence-electron chi connectivity index (χ2n) is 7.45. The summed E-state index contributed by atoms with van der Waals surface area (Å²) in [6, 6.07) is 15.3. The van der Waals surface area contributed by atoms with Gasteiger partial charge in [0.2, 0.25) is 0 Å². The van der Waals surface area contributed by atoms with Crippen LogP contribution in [0, 0.1) is 12.7 Å². The van der Waals surface area contributed by atoms with E-state index >= 15 is 0 Å². The molecule has 2 aromatic heterocycles. The van der Waals surface area contributed by atoms with E-state index in [1.807, 2.05) is 47.3 Å². The van der Waals surface area contributed by atoms with E-state index in [-0.39, 0.29) is 11.7 Å². The topological polar surface area (TPSA) is 70.3 Å². The predicted octanol–water partition coefficient (Wildman–Crippen LogP) is 4.10. The normalized spacial score (nSPS) is 10.8. The van der Waals surface area contributed by atoms with E-state index in [1.54, 1.807) is 38.0 Å². The number of nitrogens with zero attached hydrogens (tertiary/aromatic N) is 3. The Hall–Kier alpha value is -4.07. The molecule has 4 rings (SSSR count). The molecule has 1 amide bonds. The molecule has 0 aliphatic rings. The lowest BCUT2D eigenvalue weighted by Gasteiger charge is -2.13. The number of hydrogen-bond donors (Lipinski definition) is 1. The van der Waals surface area contributed by atoms with Crippen molar-refractivity contribution in [1.82, 2.24) is 19.7 Å². The Morgan fingerprint density at radius 1 is 1.06 bits per heavy atom. The van der Waals surface area contributed by atoms with Gasteiger partial charge in [0, 0.05) is 25.0 Å². The number of halogens is 1. The van der Waals surface area contributed by atoms with Crippen LogP contribution < -0.4 is 14.8 Å². The molecule has 33 heavy (non-hydrogen) atoms. The van der Waals surface area contributed by atoms with Crippen LogP contribution in [0.2, 0.25) is 0 Å². The molecule has 1 N–H and O–H groups in total. The maximum atomic E-state index is 13.4. The van der Waals surface area contributed by atoms with Crippen LogP contribution in [0.25, 0.3) is 11.5 Å². The zero-order valence-electron chi connectivity index (χ0n) is 18.7. The highest BCUT2D eigenvalue weighted by Crippen LogP contribution is 2.25. The van der Waals surface area contributed by atoms with E-state index in [0.717, 1.165) is 5.56 Å². The lowest BCUT2D eigenvalue weighted by Crippen LogP contribution is -2.27. The third-order valence-corrected chi connectivity index (χ3v) is 5.36. The molecule has 8 heteroatoms. The molecule has 2 aromatic carbocycles. The van der Waals surface area contributed by atoms with E-state index in [1.165, 1.54) is 12.1 Å². The van der Waals surface area contributed by atoms with Gasteiger partial charge in [0.25, 0.3) is 5.91 Å². The molecule has 0 atom stereocenters. The van der Waals surface area contributed by atoms with Gasteiger partial charge >= 0.3 is 0 Å².